The molecule has 0 atom stereocenters. The van der Waals surface area contributed by atoms with E-state index in [1.165, 1.54) is 11.3 Å². The summed E-state index contributed by atoms with van der Waals surface area (Å²) < 4.78 is 0.941. The lowest BCUT2D eigenvalue weighted by molar-refractivity contribution is 0.108. The summed E-state index contributed by atoms with van der Waals surface area (Å²) in [5, 5.41) is 1.13. The molecular weight excluding hydrogens is 301 g/mol. The van der Waals surface area contributed by atoms with Crippen LogP contribution in [0.2, 0.25) is 5.02 Å². The van der Waals surface area contributed by atoms with E-state index in [4.69, 9.17) is 23.2 Å². The van der Waals surface area contributed by atoms with Gasteiger partial charge in [0.1, 0.15) is 5.01 Å². The second kappa shape index (κ2) is 4.93. The lowest BCUT2D eigenvalue weighted by Gasteiger charge is -1.94. The molecule has 19 heavy (non-hydrogen) atoms. The van der Waals surface area contributed by atoms with Crippen LogP contribution < -0.4 is 0 Å². The monoisotopic (exact) mass is 307 g/mol. The molecule has 0 bridgehead atoms. The van der Waals surface area contributed by atoms with Gasteiger partial charge >= 0.3 is 0 Å². The lowest BCUT2D eigenvalue weighted by Crippen LogP contribution is -1.86. The van der Waals surface area contributed by atoms with Crippen LogP contribution in [0.4, 0.5) is 0 Å². The van der Waals surface area contributed by atoms with Crippen molar-refractivity contribution in [3.63, 3.8) is 0 Å². The summed E-state index contributed by atoms with van der Waals surface area (Å²) in [5.74, 6) is 0. The molecule has 0 aliphatic heterocycles. The highest BCUT2D eigenvalue weighted by Crippen LogP contribution is 2.31. The van der Waals surface area contributed by atoms with Crippen LogP contribution in [0.15, 0.2) is 42.5 Å². The zero-order valence-electron chi connectivity index (χ0n) is 9.56. The Morgan fingerprint density at radius 3 is 2.53 bits per heavy atom. The number of carbonyl (C=O) groups is 1. The molecule has 3 aromatic rings. The largest absolute Gasteiger partial charge is 0.276 e. The number of hydrogen-bond acceptors (Lipinski definition) is 3. The lowest BCUT2D eigenvalue weighted by atomic mass is 10.2. The molecule has 2 nitrogen and oxygen atoms in total. The topological polar surface area (TPSA) is 30.0 Å². The Hall–Kier alpha value is -1.42. The molecule has 94 valence electrons. The Labute approximate surface area is 123 Å². The first kappa shape index (κ1) is 12.6. The van der Waals surface area contributed by atoms with Crippen molar-refractivity contribution < 1.29 is 4.79 Å². The van der Waals surface area contributed by atoms with E-state index < -0.39 is 5.24 Å². The third kappa shape index (κ3) is 2.50. The maximum absolute atomic E-state index is 11.1. The average Bonchev–Trinajstić information content (AvgIpc) is 2.82. The molecule has 0 aliphatic rings. The molecule has 1 aromatic heterocycles. The van der Waals surface area contributed by atoms with Gasteiger partial charge in [-0.25, -0.2) is 4.98 Å². The van der Waals surface area contributed by atoms with Gasteiger partial charge in [0.2, 0.25) is 0 Å². The fourth-order valence-corrected chi connectivity index (χ4v) is 3.02. The van der Waals surface area contributed by atoms with E-state index in [2.05, 4.69) is 4.98 Å². The molecule has 1 heterocycles. The standard InChI is InChI=1S/C14H7Cl2NOS/c15-10-4-1-8(2-5-10)14-17-11-6-3-9(13(16)18)7-12(11)19-14/h1-7H. The average molecular weight is 308 g/mol. The van der Waals surface area contributed by atoms with Gasteiger partial charge in [-0.2, -0.15) is 0 Å². The number of halogens is 2. The van der Waals surface area contributed by atoms with Gasteiger partial charge in [-0.15, -0.1) is 11.3 Å². The summed E-state index contributed by atoms with van der Waals surface area (Å²) >= 11 is 12.9. The summed E-state index contributed by atoms with van der Waals surface area (Å²) in [6.45, 7) is 0. The van der Waals surface area contributed by atoms with Crippen molar-refractivity contribution >= 4 is 50.0 Å². The van der Waals surface area contributed by atoms with E-state index in [1.807, 2.05) is 24.3 Å². The number of thiazole rings is 1. The number of aromatic nitrogens is 1. The van der Waals surface area contributed by atoms with Crippen molar-refractivity contribution in [1.82, 2.24) is 4.98 Å². The van der Waals surface area contributed by atoms with Gasteiger partial charge in [0.15, 0.2) is 0 Å². The van der Waals surface area contributed by atoms with Gasteiger partial charge in [0.05, 0.1) is 10.2 Å². The molecule has 0 spiro atoms. The molecule has 0 saturated heterocycles. The van der Waals surface area contributed by atoms with Gasteiger partial charge in [-0.1, -0.05) is 23.7 Å². The van der Waals surface area contributed by atoms with Crippen LogP contribution in [0.25, 0.3) is 20.8 Å². The zero-order chi connectivity index (χ0) is 13.4. The molecule has 2 aromatic carbocycles. The van der Waals surface area contributed by atoms with Crippen molar-refractivity contribution in [2.75, 3.05) is 0 Å². The number of benzene rings is 2. The van der Waals surface area contributed by atoms with Gasteiger partial charge in [0, 0.05) is 16.1 Å². The van der Waals surface area contributed by atoms with Crippen LogP contribution in [-0.4, -0.2) is 10.2 Å². The number of rotatable bonds is 2. The van der Waals surface area contributed by atoms with Gasteiger partial charge in [-0.05, 0) is 41.9 Å². The fraction of sp³-hybridized carbons (Fsp3) is 0. The van der Waals surface area contributed by atoms with Crippen molar-refractivity contribution in [3.8, 4) is 10.6 Å². The Bertz CT molecular complexity index is 765. The highest BCUT2D eigenvalue weighted by Gasteiger charge is 2.09. The molecule has 0 amide bonds. The van der Waals surface area contributed by atoms with E-state index in [0.717, 1.165) is 20.8 Å². The van der Waals surface area contributed by atoms with E-state index in [0.29, 0.717) is 10.6 Å². The Morgan fingerprint density at radius 1 is 1.11 bits per heavy atom. The summed E-state index contributed by atoms with van der Waals surface area (Å²) in [6.07, 6.45) is 0. The molecule has 5 heteroatoms. The second-order valence-electron chi connectivity index (χ2n) is 3.98. The molecule has 3 rings (SSSR count). The van der Waals surface area contributed by atoms with Crippen molar-refractivity contribution in [1.29, 1.82) is 0 Å². The van der Waals surface area contributed by atoms with Gasteiger partial charge < -0.3 is 0 Å². The van der Waals surface area contributed by atoms with Crippen LogP contribution in [0.5, 0.6) is 0 Å². The maximum atomic E-state index is 11.1. The minimum Gasteiger partial charge on any atom is -0.276 e. The SMILES string of the molecule is O=C(Cl)c1ccc2nc(-c3ccc(Cl)cc3)sc2c1. The van der Waals surface area contributed by atoms with Gasteiger partial charge in [-0.3, -0.25) is 4.79 Å². The van der Waals surface area contributed by atoms with Crippen molar-refractivity contribution in [3.05, 3.63) is 53.1 Å². The first-order chi connectivity index (χ1) is 9.13. The minimum absolute atomic E-state index is 0.455. The Morgan fingerprint density at radius 2 is 1.84 bits per heavy atom. The van der Waals surface area contributed by atoms with Crippen molar-refractivity contribution in [2.45, 2.75) is 0 Å². The van der Waals surface area contributed by atoms with Crippen LogP contribution in [0.3, 0.4) is 0 Å². The molecule has 0 radical (unpaired) electrons. The summed E-state index contributed by atoms with van der Waals surface area (Å²) in [4.78, 5) is 15.7. The predicted molar refractivity (Wildman–Crippen MR) is 80.2 cm³/mol. The molecular formula is C14H7Cl2NOS. The third-order valence-corrected chi connectivity index (χ3v) is 4.24. The number of hydrogen-bond donors (Lipinski definition) is 0. The molecule has 0 N–H and O–H groups in total. The first-order valence-corrected chi connectivity index (χ1v) is 7.07. The number of nitrogens with zero attached hydrogens (tertiary/aromatic N) is 1. The van der Waals surface area contributed by atoms with E-state index >= 15 is 0 Å². The van der Waals surface area contributed by atoms with E-state index in [-0.39, 0.29) is 0 Å². The van der Waals surface area contributed by atoms with Crippen LogP contribution in [0, 0.1) is 0 Å². The van der Waals surface area contributed by atoms with Crippen LogP contribution >= 0.6 is 34.5 Å². The smallest absolute Gasteiger partial charge is 0.252 e. The first-order valence-electron chi connectivity index (χ1n) is 5.50. The normalized spacial score (nSPS) is 10.8. The number of fused-ring (bicyclic) bond motifs is 1. The molecule has 0 fully saturated rings. The summed E-state index contributed by atoms with van der Waals surface area (Å²) in [6, 6.07) is 12.8. The third-order valence-electron chi connectivity index (χ3n) is 2.71. The van der Waals surface area contributed by atoms with Crippen LogP contribution in [0.1, 0.15) is 10.4 Å². The molecule has 0 aliphatic carbocycles. The Kier molecular flexibility index (Phi) is 3.27. The van der Waals surface area contributed by atoms with Crippen LogP contribution in [-0.2, 0) is 0 Å². The zero-order valence-corrected chi connectivity index (χ0v) is 11.9. The maximum Gasteiger partial charge on any atom is 0.252 e. The highest BCUT2D eigenvalue weighted by atomic mass is 35.5. The summed E-state index contributed by atoms with van der Waals surface area (Å²) in [5.41, 5.74) is 2.35. The second-order valence-corrected chi connectivity index (χ2v) is 5.79. The fourth-order valence-electron chi connectivity index (χ4n) is 1.76. The molecule has 0 unspecified atom stereocenters. The minimum atomic E-state index is -0.455. The number of carbonyl (C=O) groups excluding carboxylic acids is 1. The summed E-state index contributed by atoms with van der Waals surface area (Å²) in [7, 11) is 0. The highest BCUT2D eigenvalue weighted by molar-refractivity contribution is 7.21. The Balaban J connectivity index is 2.11. The predicted octanol–water partition coefficient (Wildman–Crippen LogP) is 5.00. The van der Waals surface area contributed by atoms with Gasteiger partial charge in [0.25, 0.3) is 5.24 Å². The quantitative estimate of drug-likeness (QED) is 0.624. The van der Waals surface area contributed by atoms with Crippen molar-refractivity contribution in [2.24, 2.45) is 0 Å². The molecule has 0 saturated carbocycles. The van der Waals surface area contributed by atoms with E-state index in [1.54, 1.807) is 18.2 Å². The van der Waals surface area contributed by atoms with E-state index in [9.17, 15) is 4.79 Å².